The van der Waals surface area contributed by atoms with E-state index in [0.717, 1.165) is 38.8 Å². The molecule has 0 aliphatic heterocycles. The summed E-state index contributed by atoms with van der Waals surface area (Å²) in [5, 5.41) is 2.11. The second-order valence-corrected chi connectivity index (χ2v) is 5.25. The number of nitrogens with one attached hydrogen (secondary N) is 2. The molecule has 0 unspecified atom stereocenters. The van der Waals surface area contributed by atoms with Crippen molar-refractivity contribution in [3.63, 3.8) is 0 Å². The normalized spacial score (nSPS) is 11.3. The van der Waals surface area contributed by atoms with Crippen LogP contribution in [0.15, 0.2) is 54.6 Å². The van der Waals surface area contributed by atoms with Crippen LogP contribution in [-0.2, 0) is 0 Å². The summed E-state index contributed by atoms with van der Waals surface area (Å²) in [4.78, 5) is 18.9. The molecule has 4 aromatic rings. The second-order valence-electron chi connectivity index (χ2n) is 5.25. The Morgan fingerprint density at radius 1 is 0.905 bits per heavy atom. The fraction of sp³-hybridized carbons (Fsp3) is 0.0556. The lowest BCUT2D eigenvalue weighted by Crippen LogP contribution is -1.93. The Labute approximate surface area is 121 Å². The third kappa shape index (κ3) is 1.78. The van der Waals surface area contributed by atoms with Gasteiger partial charge in [-0.15, -0.1) is 0 Å². The number of H-pyrrole nitrogens is 2. The molecule has 0 aliphatic carbocycles. The number of hydrogen-bond donors (Lipinski definition) is 2. The first kappa shape index (κ1) is 12.0. The predicted molar refractivity (Wildman–Crippen MR) is 85.6 cm³/mol. The van der Waals surface area contributed by atoms with E-state index in [-0.39, 0.29) is 5.78 Å². The Bertz CT molecular complexity index is 942. The number of aromatic amines is 2. The minimum absolute atomic E-state index is 0.0705. The first-order chi connectivity index (χ1) is 10.2. The number of ketones is 1. The third-order valence-corrected chi connectivity index (χ3v) is 3.86. The molecule has 0 radical (unpaired) electrons. The van der Waals surface area contributed by atoms with Gasteiger partial charge in [-0.05, 0) is 25.1 Å². The van der Waals surface area contributed by atoms with Crippen LogP contribution >= 0.6 is 0 Å². The minimum atomic E-state index is 0.0705. The molecule has 2 heterocycles. The zero-order chi connectivity index (χ0) is 14.4. The Morgan fingerprint density at radius 3 is 2.38 bits per heavy atom. The zero-order valence-corrected chi connectivity index (χ0v) is 11.6. The molecule has 0 fully saturated rings. The summed E-state index contributed by atoms with van der Waals surface area (Å²) in [7, 11) is 0. The lowest BCUT2D eigenvalue weighted by molar-refractivity contribution is 0.102. The van der Waals surface area contributed by atoms with Gasteiger partial charge in [-0.1, -0.05) is 36.4 Å². The van der Waals surface area contributed by atoms with Crippen molar-refractivity contribution in [2.75, 3.05) is 0 Å². The molecular weight excluding hydrogens is 260 g/mol. The molecule has 0 aliphatic rings. The van der Waals surface area contributed by atoms with Crippen molar-refractivity contribution in [2.45, 2.75) is 6.92 Å². The zero-order valence-electron chi connectivity index (χ0n) is 11.6. The number of benzene rings is 2. The number of fused-ring (bicyclic) bond motifs is 2. The summed E-state index contributed by atoms with van der Waals surface area (Å²) in [6.45, 7) is 1.61. The van der Waals surface area contributed by atoms with Gasteiger partial charge in [0.05, 0.1) is 17.0 Å². The van der Waals surface area contributed by atoms with Crippen molar-refractivity contribution in [2.24, 2.45) is 0 Å². The molecule has 4 rings (SSSR count). The maximum absolute atomic E-state index is 12.1. The number of para-hydroxylation sites is 2. The highest BCUT2D eigenvalue weighted by Crippen LogP contribution is 2.31. The number of rotatable bonds is 2. The first-order valence-electron chi connectivity index (χ1n) is 6.94. The Hall–Kier alpha value is -2.81. The largest absolute Gasteiger partial charge is 0.353 e. The van der Waals surface area contributed by atoms with Crippen LogP contribution in [0.5, 0.6) is 0 Å². The third-order valence-electron chi connectivity index (χ3n) is 3.86. The van der Waals surface area contributed by atoms with E-state index in [4.69, 9.17) is 0 Å². The van der Waals surface area contributed by atoms with E-state index in [1.165, 1.54) is 0 Å². The van der Waals surface area contributed by atoms with E-state index in [0.29, 0.717) is 0 Å². The monoisotopic (exact) mass is 274 g/mol. The maximum Gasteiger partial charge on any atom is 0.162 e. The highest BCUT2D eigenvalue weighted by atomic mass is 16.1. The lowest BCUT2D eigenvalue weighted by Gasteiger charge is -1.98. The number of carbonyl (C=O) groups excluding carboxylic acids is 1. The van der Waals surface area contributed by atoms with Crippen molar-refractivity contribution in [3.05, 3.63) is 60.2 Å². The van der Waals surface area contributed by atoms with Gasteiger partial charge in [-0.2, -0.15) is 0 Å². The fourth-order valence-corrected chi connectivity index (χ4v) is 2.92. The van der Waals surface area contributed by atoms with Gasteiger partial charge in [0.1, 0.15) is 0 Å². The van der Waals surface area contributed by atoms with Gasteiger partial charge < -0.3 is 9.97 Å². The quantitative estimate of drug-likeness (QED) is 0.519. The summed E-state index contributed by atoms with van der Waals surface area (Å²) in [6.07, 6.45) is 0. The Kier molecular flexibility index (Phi) is 2.48. The molecule has 0 bridgehead atoms. The summed E-state index contributed by atoms with van der Waals surface area (Å²) >= 11 is 0. The second kappa shape index (κ2) is 4.35. The molecule has 3 heteroatoms. The van der Waals surface area contributed by atoms with Crippen molar-refractivity contribution < 1.29 is 4.79 Å². The lowest BCUT2D eigenvalue weighted by atomic mass is 10.1. The van der Waals surface area contributed by atoms with Crippen LogP contribution in [0.3, 0.4) is 0 Å². The SMILES string of the molecule is CC(=O)c1c(-c2cc3ccccc3[nH]2)[nH]c2ccccc12. The molecule has 102 valence electrons. The van der Waals surface area contributed by atoms with Crippen molar-refractivity contribution >= 4 is 27.6 Å². The average Bonchev–Trinajstić information content (AvgIpc) is 3.08. The first-order valence-corrected chi connectivity index (χ1v) is 6.94. The van der Waals surface area contributed by atoms with Crippen LogP contribution in [0.25, 0.3) is 33.2 Å². The molecular formula is C18H14N2O. The molecule has 2 N–H and O–H groups in total. The molecule has 2 aromatic heterocycles. The van der Waals surface area contributed by atoms with Gasteiger partial charge in [0.2, 0.25) is 0 Å². The van der Waals surface area contributed by atoms with Crippen molar-refractivity contribution in [1.82, 2.24) is 9.97 Å². The molecule has 0 atom stereocenters. The van der Waals surface area contributed by atoms with Crippen LogP contribution in [0.1, 0.15) is 17.3 Å². The van der Waals surface area contributed by atoms with Gasteiger partial charge in [0.25, 0.3) is 0 Å². The maximum atomic E-state index is 12.1. The van der Waals surface area contributed by atoms with Gasteiger partial charge in [-0.25, -0.2) is 0 Å². The predicted octanol–water partition coefficient (Wildman–Crippen LogP) is 4.52. The van der Waals surface area contributed by atoms with Gasteiger partial charge in [0.15, 0.2) is 5.78 Å². The number of Topliss-reactive ketones (excluding diaryl/α,β-unsaturated/α-hetero) is 1. The van der Waals surface area contributed by atoms with E-state index in [1.54, 1.807) is 6.92 Å². The summed E-state index contributed by atoms with van der Waals surface area (Å²) in [6, 6.07) is 18.1. The standard InChI is InChI=1S/C18H14N2O/c1-11(21)17-13-7-3-5-9-15(13)20-18(17)16-10-12-6-2-4-8-14(12)19-16/h2-10,19-20H,1H3. The summed E-state index contributed by atoms with van der Waals surface area (Å²) < 4.78 is 0. The molecule has 2 aromatic carbocycles. The number of hydrogen-bond acceptors (Lipinski definition) is 1. The van der Waals surface area contributed by atoms with E-state index < -0.39 is 0 Å². The van der Waals surface area contributed by atoms with Crippen LogP contribution in [0, 0.1) is 0 Å². The number of carbonyl (C=O) groups is 1. The van der Waals surface area contributed by atoms with Crippen molar-refractivity contribution in [3.8, 4) is 11.4 Å². The number of aromatic nitrogens is 2. The van der Waals surface area contributed by atoms with Crippen LogP contribution < -0.4 is 0 Å². The highest BCUT2D eigenvalue weighted by molar-refractivity contribution is 6.12. The fourth-order valence-electron chi connectivity index (χ4n) is 2.92. The Balaban J connectivity index is 2.05. The van der Waals surface area contributed by atoms with E-state index >= 15 is 0 Å². The molecule has 0 spiro atoms. The van der Waals surface area contributed by atoms with E-state index in [9.17, 15) is 4.79 Å². The molecule has 0 saturated carbocycles. The van der Waals surface area contributed by atoms with Crippen LogP contribution in [0.4, 0.5) is 0 Å². The van der Waals surface area contributed by atoms with Gasteiger partial charge in [0, 0.05) is 21.8 Å². The highest BCUT2D eigenvalue weighted by Gasteiger charge is 2.17. The van der Waals surface area contributed by atoms with E-state index in [1.807, 2.05) is 42.5 Å². The topological polar surface area (TPSA) is 48.6 Å². The summed E-state index contributed by atoms with van der Waals surface area (Å²) in [5.74, 6) is 0.0705. The molecule has 21 heavy (non-hydrogen) atoms. The molecule has 0 saturated heterocycles. The van der Waals surface area contributed by atoms with Crippen LogP contribution in [-0.4, -0.2) is 15.8 Å². The van der Waals surface area contributed by atoms with E-state index in [2.05, 4.69) is 22.1 Å². The Morgan fingerprint density at radius 2 is 1.62 bits per heavy atom. The average molecular weight is 274 g/mol. The van der Waals surface area contributed by atoms with Gasteiger partial charge in [-0.3, -0.25) is 4.79 Å². The molecule has 3 nitrogen and oxygen atoms in total. The minimum Gasteiger partial charge on any atom is -0.353 e. The van der Waals surface area contributed by atoms with Crippen LogP contribution in [0.2, 0.25) is 0 Å². The van der Waals surface area contributed by atoms with Gasteiger partial charge >= 0.3 is 0 Å². The smallest absolute Gasteiger partial charge is 0.162 e. The molecule has 0 amide bonds. The summed E-state index contributed by atoms with van der Waals surface area (Å²) in [5.41, 5.74) is 4.60. The van der Waals surface area contributed by atoms with Crippen molar-refractivity contribution in [1.29, 1.82) is 0 Å².